The molecule has 0 atom stereocenters. The van der Waals surface area contributed by atoms with E-state index in [-0.39, 0.29) is 27.6 Å². The quantitative estimate of drug-likeness (QED) is 0.759. The van der Waals surface area contributed by atoms with Crippen LogP contribution < -0.4 is 14.7 Å². The van der Waals surface area contributed by atoms with Crippen molar-refractivity contribution in [3.8, 4) is 5.75 Å². The van der Waals surface area contributed by atoms with Gasteiger partial charge >= 0.3 is 0 Å². The number of anilines is 1. The summed E-state index contributed by atoms with van der Waals surface area (Å²) >= 11 is 5.94. The zero-order valence-electron chi connectivity index (χ0n) is 10.6. The highest BCUT2D eigenvalue weighted by Gasteiger charge is 2.32. The average molecular weight is 295 g/mol. The molecular formula is C13H9ClNO5-. The Bertz CT molecular complexity index is 665. The lowest BCUT2D eigenvalue weighted by molar-refractivity contribution is -0.255. The van der Waals surface area contributed by atoms with Gasteiger partial charge in [0.2, 0.25) is 0 Å². The summed E-state index contributed by atoms with van der Waals surface area (Å²) in [6, 6.07) is 2.30. The molecule has 1 aliphatic heterocycles. The minimum absolute atomic E-state index is 0.0467. The fourth-order valence-corrected chi connectivity index (χ4v) is 2.11. The number of ether oxygens (including phenoxy) is 1. The lowest BCUT2D eigenvalue weighted by Gasteiger charge is -2.19. The number of benzene rings is 1. The van der Waals surface area contributed by atoms with E-state index in [0.29, 0.717) is 0 Å². The highest BCUT2D eigenvalue weighted by molar-refractivity contribution is 6.38. The predicted octanol–water partition coefficient (Wildman–Crippen LogP) is 0.532. The lowest BCUT2D eigenvalue weighted by atomic mass is 10.1. The van der Waals surface area contributed by atoms with E-state index in [1.54, 1.807) is 0 Å². The number of methoxy groups -OCH3 is 1. The Morgan fingerprint density at radius 3 is 2.45 bits per heavy atom. The molecule has 0 spiro atoms. The Hall–Kier alpha value is -2.34. The number of rotatable bonds is 3. The van der Waals surface area contributed by atoms with E-state index >= 15 is 0 Å². The Morgan fingerprint density at radius 1 is 1.35 bits per heavy atom. The van der Waals surface area contributed by atoms with Gasteiger partial charge in [0, 0.05) is 23.3 Å². The molecule has 7 heteroatoms. The highest BCUT2D eigenvalue weighted by Crippen LogP contribution is 2.35. The summed E-state index contributed by atoms with van der Waals surface area (Å²) in [7, 11) is 1.26. The Balaban J connectivity index is 2.57. The van der Waals surface area contributed by atoms with Crippen molar-refractivity contribution < 1.29 is 24.2 Å². The van der Waals surface area contributed by atoms with Crippen LogP contribution in [0.2, 0.25) is 5.02 Å². The van der Waals surface area contributed by atoms with Crippen molar-refractivity contribution in [2.45, 2.75) is 6.92 Å². The van der Waals surface area contributed by atoms with E-state index in [2.05, 4.69) is 0 Å². The first-order valence-electron chi connectivity index (χ1n) is 5.52. The Morgan fingerprint density at radius 2 is 2.00 bits per heavy atom. The van der Waals surface area contributed by atoms with Crippen LogP contribution in [-0.4, -0.2) is 24.9 Å². The van der Waals surface area contributed by atoms with Crippen LogP contribution in [0.4, 0.5) is 5.69 Å². The van der Waals surface area contributed by atoms with Crippen LogP contribution in [-0.2, 0) is 9.59 Å². The molecule has 2 amide bonds. The van der Waals surface area contributed by atoms with Gasteiger partial charge in [0.1, 0.15) is 5.75 Å². The summed E-state index contributed by atoms with van der Waals surface area (Å²) in [4.78, 5) is 35.5. The number of hydrogen-bond donors (Lipinski definition) is 0. The summed E-state index contributed by atoms with van der Waals surface area (Å²) in [6.45, 7) is 1.50. The smallest absolute Gasteiger partial charge is 0.261 e. The third-order valence-electron chi connectivity index (χ3n) is 2.83. The number of aromatic carboxylic acids is 1. The van der Waals surface area contributed by atoms with Crippen LogP contribution in [0.3, 0.4) is 0 Å². The van der Waals surface area contributed by atoms with Gasteiger partial charge in [0.25, 0.3) is 11.8 Å². The number of halogens is 1. The molecule has 0 saturated heterocycles. The van der Waals surface area contributed by atoms with Crippen LogP contribution in [0.1, 0.15) is 17.3 Å². The number of carbonyl (C=O) groups is 3. The van der Waals surface area contributed by atoms with Crippen LogP contribution in [0.25, 0.3) is 0 Å². The minimum atomic E-state index is -1.47. The molecule has 0 fully saturated rings. The first-order chi connectivity index (χ1) is 9.36. The molecule has 2 rings (SSSR count). The van der Waals surface area contributed by atoms with Crippen molar-refractivity contribution in [3.05, 3.63) is 34.4 Å². The molecule has 0 N–H and O–H groups in total. The predicted molar refractivity (Wildman–Crippen MR) is 68.6 cm³/mol. The summed E-state index contributed by atoms with van der Waals surface area (Å²) in [5.74, 6) is -2.57. The summed E-state index contributed by atoms with van der Waals surface area (Å²) in [6.07, 6.45) is 1.18. The number of carboxylic acid groups (broad SMARTS) is 1. The standard InChI is InChI=1S/C13H10ClNO5/c1-6-3-11(16)15(12(6)17)9-5-10(20-2)7(13(18)19)4-8(9)14/h3-5H,1-2H3,(H,18,19)/p-1. The van der Waals surface area contributed by atoms with Gasteiger partial charge in [-0.2, -0.15) is 0 Å². The van der Waals surface area contributed by atoms with Crippen LogP contribution in [0.5, 0.6) is 5.75 Å². The van der Waals surface area contributed by atoms with Crippen molar-refractivity contribution in [1.29, 1.82) is 0 Å². The molecular weight excluding hydrogens is 286 g/mol. The number of hydrogen-bond acceptors (Lipinski definition) is 5. The molecule has 6 nitrogen and oxygen atoms in total. The normalized spacial score (nSPS) is 14.6. The molecule has 0 radical (unpaired) electrons. The van der Waals surface area contributed by atoms with Gasteiger partial charge in [0.05, 0.1) is 23.8 Å². The Kier molecular flexibility index (Phi) is 3.50. The maximum Gasteiger partial charge on any atom is 0.261 e. The van der Waals surface area contributed by atoms with Gasteiger partial charge in [-0.15, -0.1) is 0 Å². The van der Waals surface area contributed by atoms with Crippen molar-refractivity contribution in [2.24, 2.45) is 0 Å². The number of carboxylic acids is 1. The van der Waals surface area contributed by atoms with Gasteiger partial charge in [-0.3, -0.25) is 9.59 Å². The van der Waals surface area contributed by atoms with E-state index in [9.17, 15) is 19.5 Å². The van der Waals surface area contributed by atoms with Crippen LogP contribution in [0, 0.1) is 0 Å². The highest BCUT2D eigenvalue weighted by atomic mass is 35.5. The monoisotopic (exact) mass is 294 g/mol. The molecule has 0 bridgehead atoms. The largest absolute Gasteiger partial charge is 0.545 e. The second-order valence-corrected chi connectivity index (χ2v) is 4.50. The van der Waals surface area contributed by atoms with E-state index < -0.39 is 17.8 Å². The zero-order chi connectivity index (χ0) is 15.0. The zero-order valence-corrected chi connectivity index (χ0v) is 11.4. The van der Waals surface area contributed by atoms with Gasteiger partial charge in [-0.05, 0) is 13.0 Å². The van der Waals surface area contributed by atoms with Crippen molar-refractivity contribution >= 4 is 35.1 Å². The molecule has 0 unspecified atom stereocenters. The summed E-state index contributed by atoms with van der Waals surface area (Å²) in [5, 5.41) is 10.9. The molecule has 0 aromatic heterocycles. The van der Waals surface area contributed by atoms with Gasteiger partial charge in [-0.1, -0.05) is 11.6 Å². The van der Waals surface area contributed by atoms with Crippen molar-refractivity contribution in [2.75, 3.05) is 12.0 Å². The fraction of sp³-hybridized carbons (Fsp3) is 0.154. The minimum Gasteiger partial charge on any atom is -0.545 e. The molecule has 1 heterocycles. The second-order valence-electron chi connectivity index (χ2n) is 4.10. The van der Waals surface area contributed by atoms with Crippen molar-refractivity contribution in [1.82, 2.24) is 0 Å². The second kappa shape index (κ2) is 4.97. The molecule has 1 aromatic carbocycles. The van der Waals surface area contributed by atoms with E-state index in [1.807, 2.05) is 0 Å². The number of imide groups is 1. The average Bonchev–Trinajstić information content (AvgIpc) is 2.63. The molecule has 1 aliphatic rings. The van der Waals surface area contributed by atoms with E-state index in [4.69, 9.17) is 16.3 Å². The van der Waals surface area contributed by atoms with Gasteiger partial charge in [0.15, 0.2) is 0 Å². The van der Waals surface area contributed by atoms with Gasteiger partial charge in [-0.25, -0.2) is 4.90 Å². The third kappa shape index (κ3) is 2.14. The van der Waals surface area contributed by atoms with Crippen molar-refractivity contribution in [3.63, 3.8) is 0 Å². The number of nitrogens with zero attached hydrogens (tertiary/aromatic N) is 1. The molecule has 104 valence electrons. The maximum atomic E-state index is 11.9. The van der Waals surface area contributed by atoms with Crippen LogP contribution in [0.15, 0.2) is 23.8 Å². The Labute approximate surface area is 119 Å². The van der Waals surface area contributed by atoms with E-state index in [1.165, 1.54) is 26.2 Å². The molecule has 20 heavy (non-hydrogen) atoms. The molecule has 0 aliphatic carbocycles. The SMILES string of the molecule is COc1cc(N2C(=O)C=C(C)C2=O)c(Cl)cc1C(=O)[O-]. The van der Waals surface area contributed by atoms with Gasteiger partial charge < -0.3 is 14.6 Å². The summed E-state index contributed by atoms with van der Waals surface area (Å²) in [5.41, 5.74) is 0.0793. The first-order valence-corrected chi connectivity index (χ1v) is 5.90. The number of amides is 2. The molecule has 1 aromatic rings. The lowest BCUT2D eigenvalue weighted by Crippen LogP contribution is -2.31. The van der Waals surface area contributed by atoms with E-state index in [0.717, 1.165) is 11.0 Å². The third-order valence-corrected chi connectivity index (χ3v) is 3.13. The first kappa shape index (κ1) is 14.1. The maximum absolute atomic E-state index is 11.9. The fourth-order valence-electron chi connectivity index (χ4n) is 1.86. The summed E-state index contributed by atoms with van der Waals surface area (Å²) < 4.78 is 4.91. The number of carbonyl (C=O) groups excluding carboxylic acids is 3. The van der Waals surface area contributed by atoms with Crippen LogP contribution >= 0.6 is 11.6 Å². The molecule has 0 saturated carbocycles. The topological polar surface area (TPSA) is 86.7 Å².